The van der Waals surface area contributed by atoms with Crippen LogP contribution < -0.4 is 10.6 Å². The Morgan fingerprint density at radius 3 is 2.03 bits per heavy atom. The molecule has 0 unspecified atom stereocenters. The SMILES string of the molecule is CC(C)Cc1ccc(C(=O)CCC(=O)Nc2cccc(NC(=O)C(C)C)c2)cc1. The van der Waals surface area contributed by atoms with Crippen molar-refractivity contribution in [3.8, 4) is 0 Å². The quantitative estimate of drug-likeness (QED) is 0.582. The molecule has 0 saturated heterocycles. The molecular weight excluding hydrogens is 364 g/mol. The smallest absolute Gasteiger partial charge is 0.226 e. The van der Waals surface area contributed by atoms with Crippen molar-refractivity contribution >= 4 is 29.0 Å². The summed E-state index contributed by atoms with van der Waals surface area (Å²) in [4.78, 5) is 36.4. The van der Waals surface area contributed by atoms with E-state index in [0.29, 0.717) is 22.9 Å². The van der Waals surface area contributed by atoms with E-state index in [1.807, 2.05) is 38.1 Å². The molecular formula is C24H30N2O3. The molecule has 2 N–H and O–H groups in total. The molecule has 2 aromatic carbocycles. The lowest BCUT2D eigenvalue weighted by molar-refractivity contribution is -0.119. The Hall–Kier alpha value is -2.95. The van der Waals surface area contributed by atoms with Crippen LogP contribution in [0, 0.1) is 11.8 Å². The fourth-order valence-corrected chi connectivity index (χ4v) is 2.85. The number of hydrogen-bond acceptors (Lipinski definition) is 3. The van der Waals surface area contributed by atoms with Gasteiger partial charge in [-0.2, -0.15) is 0 Å². The first-order valence-corrected chi connectivity index (χ1v) is 10.1. The minimum absolute atomic E-state index is 0.0470. The summed E-state index contributed by atoms with van der Waals surface area (Å²) in [6.45, 7) is 7.95. The summed E-state index contributed by atoms with van der Waals surface area (Å²) >= 11 is 0. The Balaban J connectivity index is 1.86. The highest BCUT2D eigenvalue weighted by Gasteiger charge is 2.11. The molecule has 0 aromatic heterocycles. The predicted octanol–water partition coefficient (Wildman–Crippen LogP) is 5.08. The first kappa shape index (κ1) is 22.3. The number of nitrogens with one attached hydrogen (secondary N) is 2. The minimum atomic E-state index is -0.234. The molecule has 0 aliphatic rings. The average Bonchev–Trinajstić information content (AvgIpc) is 2.66. The van der Waals surface area contributed by atoms with E-state index in [9.17, 15) is 14.4 Å². The van der Waals surface area contributed by atoms with E-state index >= 15 is 0 Å². The van der Waals surface area contributed by atoms with Crippen molar-refractivity contribution in [2.24, 2.45) is 11.8 Å². The molecule has 0 heterocycles. The van der Waals surface area contributed by atoms with Gasteiger partial charge in [0, 0.05) is 35.7 Å². The van der Waals surface area contributed by atoms with Gasteiger partial charge in [0.25, 0.3) is 0 Å². The third-order valence-corrected chi connectivity index (χ3v) is 4.44. The molecule has 0 radical (unpaired) electrons. The normalized spacial score (nSPS) is 10.8. The molecule has 5 nitrogen and oxygen atoms in total. The van der Waals surface area contributed by atoms with Crippen molar-refractivity contribution in [1.29, 1.82) is 0 Å². The number of anilines is 2. The second-order valence-electron chi connectivity index (χ2n) is 7.99. The van der Waals surface area contributed by atoms with Crippen LogP contribution in [0.25, 0.3) is 0 Å². The van der Waals surface area contributed by atoms with Crippen molar-refractivity contribution in [2.45, 2.75) is 47.0 Å². The highest BCUT2D eigenvalue weighted by molar-refractivity contribution is 6.00. The van der Waals surface area contributed by atoms with Crippen LogP contribution in [0.4, 0.5) is 11.4 Å². The van der Waals surface area contributed by atoms with Gasteiger partial charge in [-0.1, -0.05) is 58.0 Å². The van der Waals surface area contributed by atoms with Crippen molar-refractivity contribution in [1.82, 2.24) is 0 Å². The molecule has 0 aliphatic heterocycles. The zero-order valence-corrected chi connectivity index (χ0v) is 17.6. The molecule has 154 valence electrons. The Bertz CT molecular complexity index is 855. The lowest BCUT2D eigenvalue weighted by Crippen LogP contribution is -2.18. The van der Waals surface area contributed by atoms with E-state index in [1.165, 1.54) is 5.56 Å². The molecule has 0 spiro atoms. The summed E-state index contributed by atoms with van der Waals surface area (Å²) in [6.07, 6.45) is 1.24. The van der Waals surface area contributed by atoms with Crippen molar-refractivity contribution in [3.05, 3.63) is 59.7 Å². The van der Waals surface area contributed by atoms with E-state index < -0.39 is 0 Å². The monoisotopic (exact) mass is 394 g/mol. The van der Waals surface area contributed by atoms with E-state index in [0.717, 1.165) is 6.42 Å². The number of benzene rings is 2. The molecule has 0 fully saturated rings. The molecule has 29 heavy (non-hydrogen) atoms. The van der Waals surface area contributed by atoms with Gasteiger partial charge in [-0.05, 0) is 36.1 Å². The number of Topliss-reactive ketones (excluding diaryl/α,β-unsaturated/α-hetero) is 1. The van der Waals surface area contributed by atoms with Gasteiger partial charge >= 0.3 is 0 Å². The second kappa shape index (κ2) is 10.6. The van der Waals surface area contributed by atoms with Crippen LogP contribution in [0.5, 0.6) is 0 Å². The molecule has 0 saturated carbocycles. The summed E-state index contributed by atoms with van der Waals surface area (Å²) < 4.78 is 0. The molecule has 2 amide bonds. The van der Waals surface area contributed by atoms with Gasteiger partial charge in [-0.25, -0.2) is 0 Å². The first-order valence-electron chi connectivity index (χ1n) is 10.1. The van der Waals surface area contributed by atoms with E-state index in [2.05, 4.69) is 24.5 Å². The molecule has 5 heteroatoms. The van der Waals surface area contributed by atoms with Crippen LogP contribution in [0.1, 0.15) is 56.5 Å². The van der Waals surface area contributed by atoms with Gasteiger partial charge in [-0.3, -0.25) is 14.4 Å². The first-order chi connectivity index (χ1) is 13.7. The zero-order valence-electron chi connectivity index (χ0n) is 17.6. The Morgan fingerprint density at radius 2 is 1.45 bits per heavy atom. The van der Waals surface area contributed by atoms with Gasteiger partial charge in [0.1, 0.15) is 0 Å². The van der Waals surface area contributed by atoms with Crippen LogP contribution in [-0.2, 0) is 16.0 Å². The Kier molecular flexibility index (Phi) is 8.13. The number of carbonyl (C=O) groups excluding carboxylic acids is 3. The second-order valence-corrected chi connectivity index (χ2v) is 7.99. The molecule has 0 bridgehead atoms. The Morgan fingerprint density at radius 1 is 0.828 bits per heavy atom. The maximum absolute atomic E-state index is 12.3. The third-order valence-electron chi connectivity index (χ3n) is 4.44. The summed E-state index contributed by atoms with van der Waals surface area (Å²) in [5.41, 5.74) is 3.04. The third kappa shape index (κ3) is 7.53. The number of amides is 2. The predicted molar refractivity (Wildman–Crippen MR) is 117 cm³/mol. The fraction of sp³-hybridized carbons (Fsp3) is 0.375. The average molecular weight is 395 g/mol. The van der Waals surface area contributed by atoms with E-state index in [-0.39, 0.29) is 36.4 Å². The zero-order chi connectivity index (χ0) is 21.4. The van der Waals surface area contributed by atoms with Gasteiger partial charge < -0.3 is 10.6 Å². The number of hydrogen-bond donors (Lipinski definition) is 2. The highest BCUT2D eigenvalue weighted by atomic mass is 16.2. The van der Waals surface area contributed by atoms with E-state index in [1.54, 1.807) is 24.3 Å². The van der Waals surface area contributed by atoms with Crippen molar-refractivity contribution < 1.29 is 14.4 Å². The van der Waals surface area contributed by atoms with Crippen molar-refractivity contribution in [3.63, 3.8) is 0 Å². The summed E-state index contributed by atoms with van der Waals surface area (Å²) in [7, 11) is 0. The van der Waals surface area contributed by atoms with Crippen LogP contribution in [0.15, 0.2) is 48.5 Å². The lowest BCUT2D eigenvalue weighted by atomic mass is 9.99. The van der Waals surface area contributed by atoms with Crippen LogP contribution in [0.3, 0.4) is 0 Å². The van der Waals surface area contributed by atoms with Crippen molar-refractivity contribution in [2.75, 3.05) is 10.6 Å². The largest absolute Gasteiger partial charge is 0.326 e. The maximum Gasteiger partial charge on any atom is 0.226 e. The standard InChI is InChI=1S/C24H30N2O3/c1-16(2)14-18-8-10-19(11-9-18)22(27)12-13-23(28)25-20-6-5-7-21(15-20)26-24(29)17(3)4/h5-11,15-17H,12-14H2,1-4H3,(H,25,28)(H,26,29). The highest BCUT2D eigenvalue weighted by Crippen LogP contribution is 2.17. The van der Waals surface area contributed by atoms with Gasteiger partial charge in [0.05, 0.1) is 0 Å². The summed E-state index contributed by atoms with van der Waals surface area (Å²) in [6, 6.07) is 14.6. The maximum atomic E-state index is 12.3. The minimum Gasteiger partial charge on any atom is -0.326 e. The van der Waals surface area contributed by atoms with E-state index in [4.69, 9.17) is 0 Å². The molecule has 0 atom stereocenters. The molecule has 0 aliphatic carbocycles. The van der Waals surface area contributed by atoms with Crippen LogP contribution >= 0.6 is 0 Å². The van der Waals surface area contributed by atoms with Gasteiger partial charge in [-0.15, -0.1) is 0 Å². The number of carbonyl (C=O) groups is 3. The number of rotatable bonds is 9. The van der Waals surface area contributed by atoms with Gasteiger partial charge in [0.15, 0.2) is 5.78 Å². The van der Waals surface area contributed by atoms with Crippen LogP contribution in [-0.4, -0.2) is 17.6 Å². The fourth-order valence-electron chi connectivity index (χ4n) is 2.85. The topological polar surface area (TPSA) is 75.3 Å². The van der Waals surface area contributed by atoms with Crippen LogP contribution in [0.2, 0.25) is 0 Å². The Labute approximate surface area is 172 Å². The summed E-state index contributed by atoms with van der Waals surface area (Å²) in [5.74, 6) is 0.0749. The van der Waals surface area contributed by atoms with Gasteiger partial charge in [0.2, 0.25) is 11.8 Å². The lowest BCUT2D eigenvalue weighted by Gasteiger charge is -2.10. The molecule has 2 rings (SSSR count). The summed E-state index contributed by atoms with van der Waals surface area (Å²) in [5, 5.41) is 5.58. The number of ketones is 1. The molecule has 2 aromatic rings.